The molecule has 110 valence electrons. The Kier molecular flexibility index (Phi) is 3.92. The Balaban J connectivity index is 2.18. The molecule has 3 heteroatoms. The van der Waals surface area contributed by atoms with Crippen LogP contribution in [0.4, 0.5) is 0 Å². The molecule has 3 rings (SSSR count). The van der Waals surface area contributed by atoms with Gasteiger partial charge in [-0.05, 0) is 29.2 Å². The van der Waals surface area contributed by atoms with Gasteiger partial charge in [0.15, 0.2) is 0 Å². The molecule has 1 aliphatic rings. The van der Waals surface area contributed by atoms with Crippen LogP contribution in [-0.2, 0) is 6.42 Å². The molecule has 0 amide bonds. The smallest absolute Gasteiger partial charge is 0.131 e. The van der Waals surface area contributed by atoms with Crippen LogP contribution < -0.4 is 10.5 Å². The van der Waals surface area contributed by atoms with E-state index in [9.17, 15) is 0 Å². The summed E-state index contributed by atoms with van der Waals surface area (Å²) in [5.74, 6) is 1.41. The summed E-state index contributed by atoms with van der Waals surface area (Å²) < 4.78 is 6.05. The summed E-state index contributed by atoms with van der Waals surface area (Å²) in [7, 11) is 0. The van der Waals surface area contributed by atoms with Crippen molar-refractivity contribution < 1.29 is 4.74 Å². The third-order valence-electron chi connectivity index (χ3n) is 4.01. The first kappa shape index (κ1) is 14.4. The fraction of sp³-hybridized carbons (Fsp3) is 0.333. The summed E-state index contributed by atoms with van der Waals surface area (Å²) in [4.78, 5) is 0. The lowest BCUT2D eigenvalue weighted by molar-refractivity contribution is 0.242. The van der Waals surface area contributed by atoms with Crippen LogP contribution >= 0.6 is 11.6 Å². The lowest BCUT2D eigenvalue weighted by Gasteiger charge is -2.15. The second kappa shape index (κ2) is 5.70. The molecule has 2 aromatic carbocycles. The molecule has 2 aromatic rings. The van der Waals surface area contributed by atoms with Gasteiger partial charge in [-0.1, -0.05) is 49.7 Å². The molecule has 1 unspecified atom stereocenters. The minimum Gasteiger partial charge on any atom is -0.488 e. The molecule has 1 heterocycles. The largest absolute Gasteiger partial charge is 0.488 e. The van der Waals surface area contributed by atoms with Crippen molar-refractivity contribution in [3.05, 3.63) is 52.5 Å². The Morgan fingerprint density at radius 3 is 2.67 bits per heavy atom. The van der Waals surface area contributed by atoms with Crippen molar-refractivity contribution in [1.29, 1.82) is 0 Å². The number of hydrogen-bond donors (Lipinski definition) is 1. The lowest BCUT2D eigenvalue weighted by Crippen LogP contribution is -2.24. The predicted octanol–water partition coefficient (Wildman–Crippen LogP) is 4.39. The molecule has 0 fully saturated rings. The second-order valence-corrected chi connectivity index (χ2v) is 6.28. The molecule has 2 nitrogen and oxygen atoms in total. The van der Waals surface area contributed by atoms with Crippen LogP contribution in [0.3, 0.4) is 0 Å². The van der Waals surface area contributed by atoms with Crippen LogP contribution in [0, 0.1) is 0 Å². The molecule has 0 aliphatic carbocycles. The van der Waals surface area contributed by atoms with E-state index in [4.69, 9.17) is 22.1 Å². The van der Waals surface area contributed by atoms with E-state index in [-0.39, 0.29) is 6.10 Å². The van der Waals surface area contributed by atoms with E-state index in [1.807, 2.05) is 24.3 Å². The van der Waals surface area contributed by atoms with Crippen molar-refractivity contribution in [3.63, 3.8) is 0 Å². The fourth-order valence-electron chi connectivity index (χ4n) is 2.80. The van der Waals surface area contributed by atoms with E-state index in [1.54, 1.807) is 0 Å². The van der Waals surface area contributed by atoms with Crippen molar-refractivity contribution in [1.82, 2.24) is 0 Å². The van der Waals surface area contributed by atoms with E-state index >= 15 is 0 Å². The van der Waals surface area contributed by atoms with Crippen molar-refractivity contribution in [2.45, 2.75) is 32.3 Å². The number of halogens is 1. The number of ether oxygens (including phenoxy) is 1. The summed E-state index contributed by atoms with van der Waals surface area (Å²) in [6, 6.07) is 12.4. The predicted molar refractivity (Wildman–Crippen MR) is 88.2 cm³/mol. The maximum absolute atomic E-state index is 6.38. The monoisotopic (exact) mass is 301 g/mol. The standard InChI is InChI=1S/C18H20ClNO/c1-11(2)12-7-13-8-14(10-20)21-18(13)16(9-12)15-5-3-4-6-17(15)19/h3-7,9,11,14H,8,10,20H2,1-2H3. The van der Waals surface area contributed by atoms with Gasteiger partial charge in [0.05, 0.1) is 0 Å². The Labute approximate surface area is 130 Å². The average Bonchev–Trinajstić information content (AvgIpc) is 2.90. The third kappa shape index (κ3) is 2.66. The summed E-state index contributed by atoms with van der Waals surface area (Å²) in [5, 5.41) is 0.750. The minimum atomic E-state index is 0.0728. The highest BCUT2D eigenvalue weighted by atomic mass is 35.5. The maximum Gasteiger partial charge on any atom is 0.131 e. The minimum absolute atomic E-state index is 0.0728. The SMILES string of the molecule is CC(C)c1cc2c(c(-c3ccccc3Cl)c1)OC(CN)C2. The molecule has 2 N–H and O–H groups in total. The van der Waals surface area contributed by atoms with Gasteiger partial charge in [-0.3, -0.25) is 0 Å². The molecule has 0 aromatic heterocycles. The zero-order valence-electron chi connectivity index (χ0n) is 12.4. The van der Waals surface area contributed by atoms with Crippen molar-refractivity contribution in [2.75, 3.05) is 6.54 Å². The Morgan fingerprint density at radius 2 is 2.00 bits per heavy atom. The van der Waals surface area contributed by atoms with Crippen LogP contribution in [0.1, 0.15) is 30.9 Å². The maximum atomic E-state index is 6.38. The highest BCUT2D eigenvalue weighted by Crippen LogP contribution is 2.43. The molecule has 0 saturated heterocycles. The molecule has 0 spiro atoms. The van der Waals surface area contributed by atoms with E-state index in [2.05, 4.69) is 26.0 Å². The van der Waals surface area contributed by atoms with E-state index in [0.29, 0.717) is 12.5 Å². The van der Waals surface area contributed by atoms with Gasteiger partial charge >= 0.3 is 0 Å². The number of hydrogen-bond acceptors (Lipinski definition) is 2. The van der Waals surface area contributed by atoms with E-state index < -0.39 is 0 Å². The number of benzene rings is 2. The van der Waals surface area contributed by atoms with Gasteiger partial charge in [-0.2, -0.15) is 0 Å². The molecule has 21 heavy (non-hydrogen) atoms. The summed E-state index contributed by atoms with van der Waals surface area (Å²) >= 11 is 6.38. The van der Waals surface area contributed by atoms with Crippen molar-refractivity contribution >= 4 is 11.6 Å². The molecular formula is C18H20ClNO. The van der Waals surface area contributed by atoms with Crippen molar-refractivity contribution in [2.24, 2.45) is 5.73 Å². The fourth-order valence-corrected chi connectivity index (χ4v) is 3.04. The summed E-state index contributed by atoms with van der Waals surface area (Å²) in [6.45, 7) is 4.94. The third-order valence-corrected chi connectivity index (χ3v) is 4.34. The Bertz CT molecular complexity index is 666. The molecule has 0 radical (unpaired) electrons. The number of rotatable bonds is 3. The van der Waals surface area contributed by atoms with Gasteiger partial charge < -0.3 is 10.5 Å². The van der Waals surface area contributed by atoms with E-state index in [1.165, 1.54) is 11.1 Å². The van der Waals surface area contributed by atoms with Crippen LogP contribution in [-0.4, -0.2) is 12.6 Å². The zero-order valence-corrected chi connectivity index (χ0v) is 13.2. The van der Waals surface area contributed by atoms with Gasteiger partial charge in [0.1, 0.15) is 11.9 Å². The first-order chi connectivity index (χ1) is 10.1. The quantitative estimate of drug-likeness (QED) is 0.912. The molecule has 0 saturated carbocycles. The van der Waals surface area contributed by atoms with Crippen LogP contribution in [0.2, 0.25) is 5.02 Å². The topological polar surface area (TPSA) is 35.2 Å². The van der Waals surface area contributed by atoms with Gasteiger partial charge in [0.25, 0.3) is 0 Å². The number of fused-ring (bicyclic) bond motifs is 1. The molecule has 1 aliphatic heterocycles. The Hall–Kier alpha value is -1.51. The van der Waals surface area contributed by atoms with Crippen molar-refractivity contribution in [3.8, 4) is 16.9 Å². The zero-order chi connectivity index (χ0) is 15.0. The average molecular weight is 302 g/mol. The highest BCUT2D eigenvalue weighted by Gasteiger charge is 2.26. The summed E-state index contributed by atoms with van der Waals surface area (Å²) in [6.07, 6.45) is 0.952. The summed E-state index contributed by atoms with van der Waals surface area (Å²) in [5.41, 5.74) is 10.4. The molecule has 1 atom stereocenters. The first-order valence-corrected chi connectivity index (χ1v) is 7.76. The van der Waals surface area contributed by atoms with Gasteiger partial charge in [-0.25, -0.2) is 0 Å². The highest BCUT2D eigenvalue weighted by molar-refractivity contribution is 6.33. The van der Waals surface area contributed by atoms with Crippen LogP contribution in [0.25, 0.3) is 11.1 Å². The van der Waals surface area contributed by atoms with Gasteiger partial charge in [0, 0.05) is 29.1 Å². The first-order valence-electron chi connectivity index (χ1n) is 7.38. The van der Waals surface area contributed by atoms with Crippen LogP contribution in [0.5, 0.6) is 5.75 Å². The van der Waals surface area contributed by atoms with Gasteiger partial charge in [-0.15, -0.1) is 0 Å². The molecular weight excluding hydrogens is 282 g/mol. The number of nitrogens with two attached hydrogens (primary N) is 1. The Morgan fingerprint density at radius 1 is 1.24 bits per heavy atom. The molecule has 0 bridgehead atoms. The van der Waals surface area contributed by atoms with E-state index in [0.717, 1.165) is 28.3 Å². The van der Waals surface area contributed by atoms with Crippen LogP contribution in [0.15, 0.2) is 36.4 Å². The van der Waals surface area contributed by atoms with Gasteiger partial charge in [0.2, 0.25) is 0 Å². The second-order valence-electron chi connectivity index (χ2n) is 5.87. The normalized spacial score (nSPS) is 16.9. The lowest BCUT2D eigenvalue weighted by atomic mass is 9.93.